The van der Waals surface area contributed by atoms with Crippen LogP contribution in [0, 0.1) is 0 Å². The van der Waals surface area contributed by atoms with Crippen LogP contribution in [0.5, 0.6) is 0 Å². The Hall–Kier alpha value is -2.92. The molecule has 0 radical (unpaired) electrons. The molecule has 0 saturated carbocycles. The van der Waals surface area contributed by atoms with E-state index >= 15 is 0 Å². The first kappa shape index (κ1) is 18.4. The van der Waals surface area contributed by atoms with Crippen LogP contribution in [0.3, 0.4) is 0 Å². The number of carbonyl (C=O) groups excluding carboxylic acids is 1. The normalized spacial score (nSPS) is 13.5. The second kappa shape index (κ2) is 7.60. The van der Waals surface area contributed by atoms with Crippen molar-refractivity contribution in [1.29, 1.82) is 0 Å². The molecule has 0 aromatic heterocycles. The van der Waals surface area contributed by atoms with Gasteiger partial charge in [-0.25, -0.2) is 4.79 Å². The first-order valence-corrected chi connectivity index (χ1v) is 9.80. The highest BCUT2D eigenvalue weighted by atomic mass is 79.9. The van der Waals surface area contributed by atoms with Crippen molar-refractivity contribution in [2.24, 2.45) is 0 Å². The van der Waals surface area contributed by atoms with Crippen LogP contribution in [-0.2, 0) is 16.0 Å². The zero-order valence-corrected chi connectivity index (χ0v) is 16.5. The maximum Gasteiger partial charge on any atom is 0.326 e. The number of nitrogens with one attached hydrogen (secondary N) is 1. The number of fused-ring (bicyclic) bond motifs is 3. The maximum atomic E-state index is 13.1. The lowest BCUT2D eigenvalue weighted by Crippen LogP contribution is -2.44. The molecular weight excluding hydrogens is 418 g/mol. The smallest absolute Gasteiger partial charge is 0.326 e. The summed E-state index contributed by atoms with van der Waals surface area (Å²) < 4.78 is 0.923. The Kier molecular flexibility index (Phi) is 5.01. The molecule has 1 aliphatic carbocycles. The predicted molar refractivity (Wildman–Crippen MR) is 111 cm³/mol. The average molecular weight is 436 g/mol. The van der Waals surface area contributed by atoms with E-state index in [9.17, 15) is 14.7 Å². The first-order valence-electron chi connectivity index (χ1n) is 9.00. The standard InChI is InChI=1S/C23H18BrNO3/c24-15-11-9-14(10-12-15)13-20(23(27)28)25-22(26)21-18-7-3-1-5-16(18)17-6-2-4-8-19(17)21/h1-12,20-21H,13H2,(H,25,26)(H,27,28)/t20-/m1/s1. The highest BCUT2D eigenvalue weighted by Crippen LogP contribution is 2.44. The average Bonchev–Trinajstić information content (AvgIpc) is 3.03. The number of rotatable bonds is 5. The van der Waals surface area contributed by atoms with E-state index < -0.39 is 17.9 Å². The SMILES string of the molecule is O=C(N[C@H](Cc1ccc(Br)cc1)C(=O)O)C1c2ccccc2-c2ccccc21. The minimum atomic E-state index is -1.05. The number of amides is 1. The van der Waals surface area contributed by atoms with Gasteiger partial charge in [0.1, 0.15) is 6.04 Å². The van der Waals surface area contributed by atoms with Gasteiger partial charge >= 0.3 is 5.97 Å². The Labute approximate surface area is 171 Å². The summed E-state index contributed by atoms with van der Waals surface area (Å²) in [5, 5.41) is 12.4. The molecule has 0 saturated heterocycles. The fraction of sp³-hybridized carbons (Fsp3) is 0.130. The lowest BCUT2D eigenvalue weighted by atomic mass is 9.95. The molecule has 0 spiro atoms. The van der Waals surface area contributed by atoms with Gasteiger partial charge in [0.05, 0.1) is 5.92 Å². The largest absolute Gasteiger partial charge is 0.480 e. The number of carbonyl (C=O) groups is 2. The summed E-state index contributed by atoms with van der Waals surface area (Å²) in [5.74, 6) is -1.84. The van der Waals surface area contributed by atoms with Crippen LogP contribution in [0.15, 0.2) is 77.3 Å². The Morgan fingerprint density at radius 3 is 1.96 bits per heavy atom. The third-order valence-corrected chi connectivity index (χ3v) is 5.59. The second-order valence-electron chi connectivity index (χ2n) is 6.84. The minimum absolute atomic E-state index is 0.227. The zero-order chi connectivity index (χ0) is 19.7. The van der Waals surface area contributed by atoms with Crippen molar-refractivity contribution >= 4 is 27.8 Å². The Morgan fingerprint density at radius 2 is 1.43 bits per heavy atom. The van der Waals surface area contributed by atoms with E-state index in [1.165, 1.54) is 0 Å². The van der Waals surface area contributed by atoms with E-state index in [2.05, 4.69) is 21.2 Å². The molecule has 0 bridgehead atoms. The van der Waals surface area contributed by atoms with E-state index in [1.54, 1.807) is 0 Å². The Bertz CT molecular complexity index is 1000. The molecular formula is C23H18BrNO3. The zero-order valence-electron chi connectivity index (χ0n) is 14.9. The van der Waals surface area contributed by atoms with Crippen LogP contribution in [0.1, 0.15) is 22.6 Å². The van der Waals surface area contributed by atoms with Crippen molar-refractivity contribution in [3.8, 4) is 11.1 Å². The van der Waals surface area contributed by atoms with E-state index in [4.69, 9.17) is 0 Å². The summed E-state index contributed by atoms with van der Waals surface area (Å²) in [5.41, 5.74) is 4.72. The molecule has 0 heterocycles. The number of carboxylic acids is 1. The number of hydrogen-bond donors (Lipinski definition) is 2. The topological polar surface area (TPSA) is 66.4 Å². The van der Waals surface area contributed by atoms with E-state index in [0.29, 0.717) is 0 Å². The van der Waals surface area contributed by atoms with Crippen LogP contribution in [-0.4, -0.2) is 23.0 Å². The van der Waals surface area contributed by atoms with E-state index in [0.717, 1.165) is 32.3 Å². The van der Waals surface area contributed by atoms with E-state index in [-0.39, 0.29) is 12.3 Å². The van der Waals surface area contributed by atoms with Crippen LogP contribution < -0.4 is 5.32 Å². The molecule has 3 aromatic carbocycles. The number of aliphatic carboxylic acids is 1. The van der Waals surface area contributed by atoms with Gasteiger partial charge in [-0.2, -0.15) is 0 Å². The van der Waals surface area contributed by atoms with Crippen molar-refractivity contribution in [2.45, 2.75) is 18.4 Å². The third kappa shape index (κ3) is 3.45. The number of carboxylic acid groups (broad SMARTS) is 1. The van der Waals surface area contributed by atoms with Gasteiger partial charge < -0.3 is 10.4 Å². The molecule has 1 atom stereocenters. The number of halogens is 1. The molecule has 2 N–H and O–H groups in total. The summed E-state index contributed by atoms with van der Waals surface area (Å²) in [6.45, 7) is 0. The lowest BCUT2D eigenvalue weighted by Gasteiger charge is -2.19. The summed E-state index contributed by atoms with van der Waals surface area (Å²) in [4.78, 5) is 24.9. The molecule has 4 rings (SSSR count). The van der Waals surface area contributed by atoms with Crippen LogP contribution in [0.25, 0.3) is 11.1 Å². The molecule has 28 heavy (non-hydrogen) atoms. The highest BCUT2D eigenvalue weighted by molar-refractivity contribution is 9.10. The lowest BCUT2D eigenvalue weighted by molar-refractivity contribution is -0.141. The van der Waals surface area contributed by atoms with Crippen molar-refractivity contribution in [3.63, 3.8) is 0 Å². The van der Waals surface area contributed by atoms with Gasteiger partial charge in [-0.1, -0.05) is 76.6 Å². The van der Waals surface area contributed by atoms with Crippen molar-refractivity contribution in [1.82, 2.24) is 5.32 Å². The highest BCUT2D eigenvalue weighted by Gasteiger charge is 2.35. The van der Waals surface area contributed by atoms with Crippen LogP contribution >= 0.6 is 15.9 Å². The monoisotopic (exact) mass is 435 g/mol. The predicted octanol–water partition coefficient (Wildman–Crippen LogP) is 4.37. The van der Waals surface area contributed by atoms with Gasteiger partial charge in [0.25, 0.3) is 0 Å². The van der Waals surface area contributed by atoms with Gasteiger partial charge in [0.2, 0.25) is 5.91 Å². The summed E-state index contributed by atoms with van der Waals surface area (Å²) in [7, 11) is 0. The maximum absolute atomic E-state index is 13.1. The number of hydrogen-bond acceptors (Lipinski definition) is 2. The van der Waals surface area contributed by atoms with Crippen LogP contribution in [0.4, 0.5) is 0 Å². The van der Waals surface area contributed by atoms with Gasteiger partial charge in [-0.05, 0) is 39.9 Å². The summed E-state index contributed by atoms with van der Waals surface area (Å²) >= 11 is 3.37. The van der Waals surface area contributed by atoms with Gasteiger partial charge in [0, 0.05) is 10.9 Å². The second-order valence-corrected chi connectivity index (χ2v) is 7.75. The minimum Gasteiger partial charge on any atom is -0.480 e. The van der Waals surface area contributed by atoms with Gasteiger partial charge in [-0.3, -0.25) is 4.79 Å². The molecule has 3 aromatic rings. The first-order chi connectivity index (χ1) is 13.5. The van der Waals surface area contributed by atoms with Gasteiger partial charge in [-0.15, -0.1) is 0 Å². The summed E-state index contributed by atoms with van der Waals surface area (Å²) in [6.07, 6.45) is 0.227. The molecule has 5 heteroatoms. The fourth-order valence-electron chi connectivity index (χ4n) is 3.75. The van der Waals surface area contributed by atoms with Gasteiger partial charge in [0.15, 0.2) is 0 Å². The molecule has 1 aliphatic rings. The molecule has 0 unspecified atom stereocenters. The van der Waals surface area contributed by atoms with E-state index in [1.807, 2.05) is 72.8 Å². The molecule has 4 nitrogen and oxygen atoms in total. The Balaban J connectivity index is 1.61. The summed E-state index contributed by atoms with van der Waals surface area (Å²) in [6, 6.07) is 22.0. The fourth-order valence-corrected chi connectivity index (χ4v) is 4.01. The van der Waals surface area contributed by atoms with Crippen molar-refractivity contribution in [3.05, 3.63) is 94.0 Å². The Morgan fingerprint density at radius 1 is 0.893 bits per heavy atom. The van der Waals surface area contributed by atoms with Crippen molar-refractivity contribution < 1.29 is 14.7 Å². The molecule has 1 amide bonds. The molecule has 0 fully saturated rings. The molecule has 0 aliphatic heterocycles. The molecule has 140 valence electrons. The van der Waals surface area contributed by atoms with Crippen LogP contribution in [0.2, 0.25) is 0 Å². The third-order valence-electron chi connectivity index (χ3n) is 5.06. The van der Waals surface area contributed by atoms with Crippen molar-refractivity contribution in [2.75, 3.05) is 0 Å². The quantitative estimate of drug-likeness (QED) is 0.624. The number of benzene rings is 3.